The molecule has 0 saturated heterocycles. The van der Waals surface area contributed by atoms with Crippen LogP contribution in [0.4, 0.5) is 10.1 Å². The molecule has 8 heteroatoms. The molecule has 0 fully saturated rings. The number of hydrogen-bond donors (Lipinski definition) is 0. The van der Waals surface area contributed by atoms with Gasteiger partial charge in [0.1, 0.15) is 24.4 Å². The number of carbonyl (C=O) groups is 1. The Kier molecular flexibility index (Phi) is 4.74. The molecule has 1 aromatic heterocycles. The van der Waals surface area contributed by atoms with Crippen molar-refractivity contribution < 1.29 is 23.3 Å². The monoisotopic (exact) mass is 356 g/mol. The minimum absolute atomic E-state index is 0.0676. The minimum Gasteiger partial charge on any atom is -0.455 e. The second-order valence-corrected chi connectivity index (χ2v) is 5.49. The molecule has 0 radical (unpaired) electrons. The summed E-state index contributed by atoms with van der Waals surface area (Å²) in [4.78, 5) is 26.5. The van der Waals surface area contributed by atoms with Crippen molar-refractivity contribution in [1.82, 2.24) is 4.98 Å². The maximum absolute atomic E-state index is 12.9. The number of aryl methyl sites for hydroxylation is 1. The van der Waals surface area contributed by atoms with Gasteiger partial charge in [-0.15, -0.1) is 0 Å². The highest BCUT2D eigenvalue weighted by atomic mass is 19.1. The second-order valence-electron chi connectivity index (χ2n) is 5.49. The molecule has 26 heavy (non-hydrogen) atoms. The number of rotatable bonds is 5. The van der Waals surface area contributed by atoms with E-state index >= 15 is 0 Å². The summed E-state index contributed by atoms with van der Waals surface area (Å²) in [6.45, 7) is 1.42. The van der Waals surface area contributed by atoms with Crippen LogP contribution >= 0.6 is 0 Å². The first-order valence-corrected chi connectivity index (χ1v) is 7.56. The van der Waals surface area contributed by atoms with Crippen LogP contribution in [0.1, 0.15) is 21.6 Å². The van der Waals surface area contributed by atoms with Gasteiger partial charge in [0.2, 0.25) is 5.89 Å². The fourth-order valence-corrected chi connectivity index (χ4v) is 2.31. The van der Waals surface area contributed by atoms with E-state index in [1.54, 1.807) is 6.92 Å². The summed E-state index contributed by atoms with van der Waals surface area (Å²) in [5.41, 5.74) is 1.48. The van der Waals surface area contributed by atoms with Crippen molar-refractivity contribution in [2.75, 3.05) is 0 Å². The second kappa shape index (κ2) is 7.14. The Balaban J connectivity index is 1.66. The zero-order valence-corrected chi connectivity index (χ0v) is 13.6. The van der Waals surface area contributed by atoms with Crippen LogP contribution in [-0.2, 0) is 11.3 Å². The maximum Gasteiger partial charge on any atom is 0.338 e. The molecule has 7 nitrogen and oxygen atoms in total. The number of hydrogen-bond acceptors (Lipinski definition) is 6. The molecule has 2 aromatic carbocycles. The average molecular weight is 356 g/mol. The lowest BCUT2D eigenvalue weighted by Gasteiger charge is -2.04. The van der Waals surface area contributed by atoms with E-state index in [-0.39, 0.29) is 29.6 Å². The number of nitro groups is 1. The maximum atomic E-state index is 12.9. The number of halogens is 1. The molecule has 0 bridgehead atoms. The third kappa shape index (κ3) is 3.75. The molecule has 3 rings (SSSR count). The zero-order valence-electron chi connectivity index (χ0n) is 13.6. The van der Waals surface area contributed by atoms with Gasteiger partial charge in [-0.3, -0.25) is 10.1 Å². The Morgan fingerprint density at radius 2 is 2.00 bits per heavy atom. The van der Waals surface area contributed by atoms with Gasteiger partial charge in [-0.1, -0.05) is 0 Å². The summed E-state index contributed by atoms with van der Waals surface area (Å²) in [7, 11) is 0. The first kappa shape index (κ1) is 17.3. The molecule has 0 spiro atoms. The van der Waals surface area contributed by atoms with E-state index in [1.807, 2.05) is 0 Å². The van der Waals surface area contributed by atoms with Gasteiger partial charge in [-0.25, -0.2) is 14.2 Å². The predicted molar refractivity (Wildman–Crippen MR) is 88.8 cm³/mol. The van der Waals surface area contributed by atoms with Crippen LogP contribution in [0.3, 0.4) is 0 Å². The Hall–Kier alpha value is -3.55. The zero-order chi connectivity index (χ0) is 18.7. The van der Waals surface area contributed by atoms with E-state index in [4.69, 9.17) is 9.15 Å². The summed E-state index contributed by atoms with van der Waals surface area (Å²) in [6, 6.07) is 9.61. The average Bonchev–Trinajstić information content (AvgIpc) is 3.09. The van der Waals surface area contributed by atoms with Crippen LogP contribution < -0.4 is 0 Å². The molecule has 132 valence electrons. The van der Waals surface area contributed by atoms with Crippen molar-refractivity contribution in [3.8, 4) is 11.5 Å². The Labute approximate surface area is 147 Å². The number of nitrogens with zero attached hydrogens (tertiary/aromatic N) is 2. The molecule has 0 N–H and O–H groups in total. The number of carbonyl (C=O) groups excluding carboxylic acids is 1. The molecule has 0 aliphatic carbocycles. The van der Waals surface area contributed by atoms with Gasteiger partial charge in [0, 0.05) is 17.2 Å². The van der Waals surface area contributed by atoms with Crippen LogP contribution in [0.2, 0.25) is 0 Å². The van der Waals surface area contributed by atoms with Gasteiger partial charge < -0.3 is 9.15 Å². The Morgan fingerprint density at radius 3 is 2.65 bits per heavy atom. The number of nitro benzene ring substituents is 1. The Morgan fingerprint density at radius 1 is 1.27 bits per heavy atom. The number of ether oxygens (including phenoxy) is 1. The van der Waals surface area contributed by atoms with Crippen molar-refractivity contribution in [2.45, 2.75) is 13.5 Å². The largest absolute Gasteiger partial charge is 0.455 e. The highest BCUT2D eigenvalue weighted by Crippen LogP contribution is 2.21. The summed E-state index contributed by atoms with van der Waals surface area (Å²) < 4.78 is 23.4. The van der Waals surface area contributed by atoms with Gasteiger partial charge in [0.25, 0.3) is 5.69 Å². The van der Waals surface area contributed by atoms with E-state index in [0.717, 1.165) is 0 Å². The van der Waals surface area contributed by atoms with Crippen molar-refractivity contribution in [2.24, 2.45) is 0 Å². The first-order valence-electron chi connectivity index (χ1n) is 7.56. The Bertz CT molecular complexity index is 966. The van der Waals surface area contributed by atoms with E-state index in [2.05, 4.69) is 4.98 Å². The highest BCUT2D eigenvalue weighted by molar-refractivity contribution is 5.90. The third-order valence-corrected chi connectivity index (χ3v) is 3.62. The lowest BCUT2D eigenvalue weighted by Crippen LogP contribution is -2.06. The molecule has 0 unspecified atom stereocenters. The van der Waals surface area contributed by atoms with E-state index < -0.39 is 10.9 Å². The smallest absolute Gasteiger partial charge is 0.338 e. The highest BCUT2D eigenvalue weighted by Gasteiger charge is 2.15. The lowest BCUT2D eigenvalue weighted by atomic mass is 10.1. The molecule has 0 atom stereocenters. The van der Waals surface area contributed by atoms with Crippen LogP contribution in [0.15, 0.2) is 53.1 Å². The molecule has 0 aliphatic rings. The van der Waals surface area contributed by atoms with Gasteiger partial charge in [0.15, 0.2) is 0 Å². The fourth-order valence-electron chi connectivity index (χ4n) is 2.31. The molecule has 1 heterocycles. The first-order chi connectivity index (χ1) is 12.4. The van der Waals surface area contributed by atoms with Crippen molar-refractivity contribution >= 4 is 11.7 Å². The standard InChI is InChI=1S/C18H13FN2O5/c1-11-8-13(4-7-16(11)21(23)24)18(22)26-10-15-9-25-17(20-15)12-2-5-14(19)6-3-12/h2-9H,10H2,1H3. The minimum atomic E-state index is -0.630. The topological polar surface area (TPSA) is 95.5 Å². The molecule has 0 amide bonds. The van der Waals surface area contributed by atoms with Crippen molar-refractivity contribution in [3.63, 3.8) is 0 Å². The molecular formula is C18H13FN2O5. The molecular weight excluding hydrogens is 343 g/mol. The lowest BCUT2D eigenvalue weighted by molar-refractivity contribution is -0.385. The number of aromatic nitrogens is 1. The third-order valence-electron chi connectivity index (χ3n) is 3.62. The number of oxazole rings is 1. The van der Waals surface area contributed by atoms with Crippen LogP contribution in [-0.4, -0.2) is 15.9 Å². The van der Waals surface area contributed by atoms with Gasteiger partial charge in [0.05, 0.1) is 10.5 Å². The predicted octanol–water partition coefficient (Wildman–Crippen LogP) is 4.05. The molecule has 3 aromatic rings. The van der Waals surface area contributed by atoms with Gasteiger partial charge >= 0.3 is 5.97 Å². The fraction of sp³-hybridized carbons (Fsp3) is 0.111. The quantitative estimate of drug-likeness (QED) is 0.389. The van der Waals surface area contributed by atoms with Crippen molar-refractivity contribution in [3.05, 3.63) is 81.5 Å². The normalized spacial score (nSPS) is 10.5. The van der Waals surface area contributed by atoms with Crippen molar-refractivity contribution in [1.29, 1.82) is 0 Å². The van der Waals surface area contributed by atoms with Crippen LogP contribution in [0.5, 0.6) is 0 Å². The van der Waals surface area contributed by atoms with Crippen LogP contribution in [0, 0.1) is 22.9 Å². The summed E-state index contributed by atoms with van der Waals surface area (Å²) >= 11 is 0. The van der Waals surface area contributed by atoms with Gasteiger partial charge in [-0.05, 0) is 43.3 Å². The summed E-state index contributed by atoms with van der Waals surface area (Å²) in [5, 5.41) is 10.8. The number of benzene rings is 2. The summed E-state index contributed by atoms with van der Waals surface area (Å²) in [5.74, 6) is -0.718. The van der Waals surface area contributed by atoms with E-state index in [9.17, 15) is 19.3 Å². The molecule has 0 saturated carbocycles. The molecule has 0 aliphatic heterocycles. The van der Waals surface area contributed by atoms with E-state index in [1.165, 1.54) is 48.7 Å². The SMILES string of the molecule is Cc1cc(C(=O)OCc2coc(-c3ccc(F)cc3)n2)ccc1[N+](=O)[O-]. The van der Waals surface area contributed by atoms with Gasteiger partial charge in [-0.2, -0.15) is 0 Å². The number of esters is 1. The summed E-state index contributed by atoms with van der Waals surface area (Å²) in [6.07, 6.45) is 1.34. The van der Waals surface area contributed by atoms with Crippen LogP contribution in [0.25, 0.3) is 11.5 Å². The van der Waals surface area contributed by atoms with E-state index in [0.29, 0.717) is 16.8 Å².